The zero-order valence-corrected chi connectivity index (χ0v) is 9.35. The zero-order chi connectivity index (χ0) is 11.2. The van der Waals surface area contributed by atoms with Crippen LogP contribution in [0.25, 0.3) is 0 Å². The van der Waals surface area contributed by atoms with Crippen LogP contribution in [0.1, 0.15) is 19.3 Å². The highest BCUT2D eigenvalue weighted by Crippen LogP contribution is 2.08. The predicted octanol–water partition coefficient (Wildman–Crippen LogP) is 1.51. The quantitative estimate of drug-likeness (QED) is 0.834. The Morgan fingerprint density at radius 2 is 2.19 bits per heavy atom. The number of pyridine rings is 1. The van der Waals surface area contributed by atoms with E-state index in [-0.39, 0.29) is 5.91 Å². The number of carbonyl (C=O) groups excluding carboxylic acids is 1. The number of aromatic nitrogens is 1. The molecule has 0 aliphatic carbocycles. The van der Waals surface area contributed by atoms with Gasteiger partial charge in [-0.3, -0.25) is 4.79 Å². The van der Waals surface area contributed by atoms with Crippen molar-refractivity contribution in [2.75, 3.05) is 25.0 Å². The van der Waals surface area contributed by atoms with Crippen molar-refractivity contribution in [1.29, 1.82) is 0 Å². The maximum Gasteiger partial charge on any atom is 0.226 e. The smallest absolute Gasteiger partial charge is 0.226 e. The molecule has 1 aromatic heterocycles. The lowest BCUT2D eigenvalue weighted by Crippen LogP contribution is -2.25. The first kappa shape index (κ1) is 11.1. The largest absolute Gasteiger partial charge is 0.311 e. The summed E-state index contributed by atoms with van der Waals surface area (Å²) >= 11 is 0. The summed E-state index contributed by atoms with van der Waals surface area (Å²) in [7, 11) is 0. The molecular formula is C12H17N3O. The Kier molecular flexibility index (Phi) is 3.88. The van der Waals surface area contributed by atoms with E-state index in [4.69, 9.17) is 0 Å². The Labute approximate surface area is 95.7 Å². The summed E-state index contributed by atoms with van der Waals surface area (Å²) in [5.41, 5.74) is 0. The Balaban J connectivity index is 1.72. The maximum absolute atomic E-state index is 11.6. The Morgan fingerprint density at radius 1 is 1.38 bits per heavy atom. The van der Waals surface area contributed by atoms with Crippen molar-refractivity contribution < 1.29 is 4.79 Å². The molecule has 1 aromatic rings. The molecule has 1 amide bonds. The van der Waals surface area contributed by atoms with Crippen molar-refractivity contribution in [2.24, 2.45) is 0 Å². The molecule has 1 aliphatic heterocycles. The summed E-state index contributed by atoms with van der Waals surface area (Å²) in [5.74, 6) is 0.680. The Hall–Kier alpha value is -1.42. The van der Waals surface area contributed by atoms with Crippen LogP contribution >= 0.6 is 0 Å². The summed E-state index contributed by atoms with van der Waals surface area (Å²) < 4.78 is 0. The van der Waals surface area contributed by atoms with Crippen LogP contribution in [-0.4, -0.2) is 35.4 Å². The highest BCUT2D eigenvalue weighted by atomic mass is 16.1. The summed E-state index contributed by atoms with van der Waals surface area (Å²) in [6.07, 6.45) is 4.76. The van der Waals surface area contributed by atoms with Crippen molar-refractivity contribution in [1.82, 2.24) is 9.88 Å². The lowest BCUT2D eigenvalue weighted by atomic mass is 10.3. The van der Waals surface area contributed by atoms with E-state index in [9.17, 15) is 4.79 Å². The number of nitrogens with one attached hydrogen (secondary N) is 1. The molecule has 0 spiro atoms. The lowest BCUT2D eigenvalue weighted by molar-refractivity contribution is -0.116. The average Bonchev–Trinajstić information content (AvgIpc) is 2.81. The van der Waals surface area contributed by atoms with E-state index in [0.29, 0.717) is 12.2 Å². The number of hydrogen-bond donors (Lipinski definition) is 1. The van der Waals surface area contributed by atoms with Gasteiger partial charge in [0.15, 0.2) is 0 Å². The Bertz CT molecular complexity index is 333. The number of carbonyl (C=O) groups is 1. The summed E-state index contributed by atoms with van der Waals surface area (Å²) in [4.78, 5) is 18.0. The van der Waals surface area contributed by atoms with Gasteiger partial charge in [-0.05, 0) is 38.1 Å². The van der Waals surface area contributed by atoms with Gasteiger partial charge in [0.2, 0.25) is 5.91 Å². The second-order valence-corrected chi connectivity index (χ2v) is 4.06. The molecule has 1 saturated heterocycles. The topological polar surface area (TPSA) is 45.2 Å². The van der Waals surface area contributed by atoms with Crippen LogP contribution in [0.4, 0.5) is 5.82 Å². The summed E-state index contributed by atoms with van der Waals surface area (Å²) in [5, 5.41) is 2.79. The van der Waals surface area contributed by atoms with Crippen molar-refractivity contribution in [2.45, 2.75) is 19.3 Å². The molecule has 2 heterocycles. The van der Waals surface area contributed by atoms with Gasteiger partial charge in [-0.1, -0.05) is 6.07 Å². The van der Waals surface area contributed by atoms with Gasteiger partial charge < -0.3 is 10.2 Å². The van der Waals surface area contributed by atoms with Gasteiger partial charge in [-0.2, -0.15) is 0 Å². The molecule has 86 valence electrons. The van der Waals surface area contributed by atoms with E-state index < -0.39 is 0 Å². The first-order valence-electron chi connectivity index (χ1n) is 5.78. The predicted molar refractivity (Wildman–Crippen MR) is 63.2 cm³/mol. The van der Waals surface area contributed by atoms with Crippen LogP contribution in [0.5, 0.6) is 0 Å². The number of likely N-dealkylation sites (tertiary alicyclic amines) is 1. The first-order chi connectivity index (χ1) is 7.84. The van der Waals surface area contributed by atoms with Gasteiger partial charge in [-0.25, -0.2) is 4.98 Å². The minimum Gasteiger partial charge on any atom is -0.311 e. The lowest BCUT2D eigenvalue weighted by Gasteiger charge is -2.13. The van der Waals surface area contributed by atoms with E-state index in [1.165, 1.54) is 12.8 Å². The van der Waals surface area contributed by atoms with Gasteiger partial charge in [-0.15, -0.1) is 0 Å². The van der Waals surface area contributed by atoms with Gasteiger partial charge in [0, 0.05) is 19.2 Å². The fourth-order valence-electron chi connectivity index (χ4n) is 1.91. The third-order valence-electron chi connectivity index (χ3n) is 2.79. The van der Waals surface area contributed by atoms with Gasteiger partial charge in [0.05, 0.1) is 0 Å². The molecule has 0 atom stereocenters. The minimum atomic E-state index is 0.0469. The zero-order valence-electron chi connectivity index (χ0n) is 9.35. The van der Waals surface area contributed by atoms with Gasteiger partial charge >= 0.3 is 0 Å². The molecule has 0 bridgehead atoms. The van der Waals surface area contributed by atoms with Crippen molar-refractivity contribution >= 4 is 11.7 Å². The number of anilines is 1. The monoisotopic (exact) mass is 219 g/mol. The molecule has 4 nitrogen and oxygen atoms in total. The maximum atomic E-state index is 11.6. The fourth-order valence-corrected chi connectivity index (χ4v) is 1.91. The number of rotatable bonds is 4. The molecule has 0 aromatic carbocycles. The molecular weight excluding hydrogens is 202 g/mol. The average molecular weight is 219 g/mol. The van der Waals surface area contributed by atoms with Crippen LogP contribution in [0.2, 0.25) is 0 Å². The van der Waals surface area contributed by atoms with E-state index in [2.05, 4.69) is 15.2 Å². The van der Waals surface area contributed by atoms with Gasteiger partial charge in [0.1, 0.15) is 5.82 Å². The highest BCUT2D eigenvalue weighted by molar-refractivity contribution is 5.89. The molecule has 0 unspecified atom stereocenters. The molecule has 4 heteroatoms. The minimum absolute atomic E-state index is 0.0469. The highest BCUT2D eigenvalue weighted by Gasteiger charge is 2.12. The molecule has 0 radical (unpaired) electrons. The van der Waals surface area contributed by atoms with E-state index in [0.717, 1.165) is 19.6 Å². The third-order valence-corrected chi connectivity index (χ3v) is 2.79. The van der Waals surface area contributed by atoms with Crippen molar-refractivity contribution in [3.8, 4) is 0 Å². The number of hydrogen-bond acceptors (Lipinski definition) is 3. The standard InChI is InChI=1S/C12H17N3O/c16-12(6-10-15-8-3-4-9-15)14-11-5-1-2-7-13-11/h1-2,5,7H,3-4,6,8-10H2,(H,13,14,16). The summed E-state index contributed by atoms with van der Waals surface area (Å²) in [6, 6.07) is 5.50. The van der Waals surface area contributed by atoms with Crippen LogP contribution < -0.4 is 5.32 Å². The normalized spacial score (nSPS) is 16.2. The fraction of sp³-hybridized carbons (Fsp3) is 0.500. The molecule has 16 heavy (non-hydrogen) atoms. The molecule has 0 saturated carbocycles. The SMILES string of the molecule is O=C(CCN1CCCC1)Nc1ccccn1. The van der Waals surface area contributed by atoms with Crippen LogP contribution in [0, 0.1) is 0 Å². The number of amides is 1. The molecule has 1 N–H and O–H groups in total. The van der Waals surface area contributed by atoms with E-state index >= 15 is 0 Å². The van der Waals surface area contributed by atoms with Gasteiger partial charge in [0.25, 0.3) is 0 Å². The van der Waals surface area contributed by atoms with Crippen molar-refractivity contribution in [3.05, 3.63) is 24.4 Å². The van der Waals surface area contributed by atoms with Crippen LogP contribution in [0.3, 0.4) is 0 Å². The van der Waals surface area contributed by atoms with Crippen molar-refractivity contribution in [3.63, 3.8) is 0 Å². The Morgan fingerprint density at radius 3 is 2.88 bits per heavy atom. The van der Waals surface area contributed by atoms with E-state index in [1.54, 1.807) is 12.3 Å². The second kappa shape index (κ2) is 5.61. The first-order valence-corrected chi connectivity index (χ1v) is 5.78. The third kappa shape index (κ3) is 3.31. The number of nitrogens with zero attached hydrogens (tertiary/aromatic N) is 2. The molecule has 1 fully saturated rings. The molecule has 2 rings (SSSR count). The molecule has 1 aliphatic rings. The van der Waals surface area contributed by atoms with Crippen LogP contribution in [-0.2, 0) is 4.79 Å². The van der Waals surface area contributed by atoms with E-state index in [1.807, 2.05) is 12.1 Å². The summed E-state index contributed by atoms with van der Waals surface area (Å²) in [6.45, 7) is 3.13. The second-order valence-electron chi connectivity index (χ2n) is 4.06. The van der Waals surface area contributed by atoms with Crippen LogP contribution in [0.15, 0.2) is 24.4 Å².